The van der Waals surface area contributed by atoms with Crippen molar-refractivity contribution >= 4 is 39.9 Å². The summed E-state index contributed by atoms with van der Waals surface area (Å²) in [7, 11) is 2.06. The molecule has 3 aromatic rings. The van der Waals surface area contributed by atoms with Gasteiger partial charge < -0.3 is 15.2 Å². The lowest BCUT2D eigenvalue weighted by Crippen LogP contribution is -2.34. The van der Waals surface area contributed by atoms with E-state index in [0.717, 1.165) is 10.4 Å². The van der Waals surface area contributed by atoms with Crippen molar-refractivity contribution in [3.8, 4) is 0 Å². The zero-order chi connectivity index (χ0) is 16.4. The molecule has 3 rings (SSSR count). The summed E-state index contributed by atoms with van der Waals surface area (Å²) in [6.45, 7) is 3.07. The molecule has 4 nitrogen and oxygen atoms in total. The third kappa shape index (κ3) is 3.68. The SMILES string of the molecule is Cc1cc2cc(CNC(=O)NCc3cc(Cl)cs3)ccc2n1C. The molecular weight excluding hydrogens is 330 g/mol. The monoisotopic (exact) mass is 347 g/mol. The number of urea groups is 1. The van der Waals surface area contributed by atoms with Gasteiger partial charge in [0.15, 0.2) is 0 Å². The first-order valence-corrected chi connectivity index (χ1v) is 8.58. The lowest BCUT2D eigenvalue weighted by Gasteiger charge is -2.07. The smallest absolute Gasteiger partial charge is 0.315 e. The number of thiophene rings is 1. The zero-order valence-electron chi connectivity index (χ0n) is 13.0. The highest BCUT2D eigenvalue weighted by atomic mass is 35.5. The Morgan fingerprint density at radius 2 is 2.00 bits per heavy atom. The first-order chi connectivity index (χ1) is 11.0. The molecule has 0 radical (unpaired) electrons. The van der Waals surface area contributed by atoms with Crippen molar-refractivity contribution in [3.05, 3.63) is 56.9 Å². The van der Waals surface area contributed by atoms with Gasteiger partial charge in [-0.3, -0.25) is 0 Å². The van der Waals surface area contributed by atoms with Crippen LogP contribution in [0.3, 0.4) is 0 Å². The summed E-state index contributed by atoms with van der Waals surface area (Å²) in [6, 6.07) is 10.1. The van der Waals surface area contributed by atoms with E-state index in [4.69, 9.17) is 11.6 Å². The van der Waals surface area contributed by atoms with Crippen molar-refractivity contribution in [2.75, 3.05) is 0 Å². The molecule has 23 heavy (non-hydrogen) atoms. The third-order valence-corrected chi connectivity index (χ3v) is 5.13. The van der Waals surface area contributed by atoms with Crippen molar-refractivity contribution in [1.29, 1.82) is 0 Å². The Morgan fingerprint density at radius 3 is 2.74 bits per heavy atom. The minimum atomic E-state index is -0.182. The minimum Gasteiger partial charge on any atom is -0.348 e. The van der Waals surface area contributed by atoms with Gasteiger partial charge in [-0.2, -0.15) is 0 Å². The maximum atomic E-state index is 11.9. The standard InChI is InChI=1S/C17H18ClN3OS/c1-11-5-13-6-12(3-4-16(13)21(11)2)8-19-17(22)20-9-15-7-14(18)10-23-15/h3-7,10H,8-9H2,1-2H3,(H2,19,20,22). The zero-order valence-corrected chi connectivity index (χ0v) is 14.6. The summed E-state index contributed by atoms with van der Waals surface area (Å²) in [5.74, 6) is 0. The van der Waals surface area contributed by atoms with Gasteiger partial charge in [-0.25, -0.2) is 4.79 Å². The second-order valence-corrected chi connectivity index (χ2v) is 6.94. The van der Waals surface area contributed by atoms with Crippen molar-refractivity contribution in [2.24, 2.45) is 7.05 Å². The van der Waals surface area contributed by atoms with E-state index >= 15 is 0 Å². The van der Waals surface area contributed by atoms with Crippen molar-refractivity contribution in [1.82, 2.24) is 15.2 Å². The molecule has 0 saturated heterocycles. The number of carbonyl (C=O) groups is 1. The third-order valence-electron chi connectivity index (χ3n) is 3.84. The van der Waals surface area contributed by atoms with E-state index in [2.05, 4.69) is 47.4 Å². The number of nitrogens with zero attached hydrogens (tertiary/aromatic N) is 1. The molecule has 120 valence electrons. The van der Waals surface area contributed by atoms with Gasteiger partial charge in [0.2, 0.25) is 0 Å². The van der Waals surface area contributed by atoms with E-state index in [0.29, 0.717) is 18.1 Å². The Morgan fingerprint density at radius 1 is 1.22 bits per heavy atom. The Bertz CT molecular complexity index is 853. The molecule has 0 saturated carbocycles. The number of halogens is 1. The number of benzene rings is 1. The van der Waals surface area contributed by atoms with Crippen molar-refractivity contribution in [2.45, 2.75) is 20.0 Å². The molecule has 0 atom stereocenters. The summed E-state index contributed by atoms with van der Waals surface area (Å²) < 4.78 is 2.16. The van der Waals surface area contributed by atoms with Crippen LogP contribution in [0.2, 0.25) is 5.02 Å². The van der Waals surface area contributed by atoms with Crippen LogP contribution in [0.5, 0.6) is 0 Å². The maximum Gasteiger partial charge on any atom is 0.315 e. The number of rotatable bonds is 4. The highest BCUT2D eigenvalue weighted by molar-refractivity contribution is 7.10. The first-order valence-electron chi connectivity index (χ1n) is 7.32. The lowest BCUT2D eigenvalue weighted by molar-refractivity contribution is 0.240. The van der Waals surface area contributed by atoms with Crippen LogP contribution in [0.1, 0.15) is 16.1 Å². The molecule has 2 N–H and O–H groups in total. The minimum absolute atomic E-state index is 0.182. The molecule has 1 aromatic carbocycles. The van der Waals surface area contributed by atoms with E-state index in [9.17, 15) is 4.79 Å². The van der Waals surface area contributed by atoms with E-state index in [1.807, 2.05) is 17.5 Å². The van der Waals surface area contributed by atoms with Gasteiger partial charge in [0.25, 0.3) is 0 Å². The highest BCUT2D eigenvalue weighted by Crippen LogP contribution is 2.20. The number of aryl methyl sites for hydroxylation is 2. The van der Waals surface area contributed by atoms with Crippen LogP contribution in [0.25, 0.3) is 10.9 Å². The number of nitrogens with one attached hydrogen (secondary N) is 2. The van der Waals surface area contributed by atoms with Gasteiger partial charge in [0.1, 0.15) is 0 Å². The number of fused-ring (bicyclic) bond motifs is 1. The Hall–Kier alpha value is -1.98. The Kier molecular flexibility index (Phi) is 4.59. The molecule has 0 unspecified atom stereocenters. The van der Waals surface area contributed by atoms with Crippen LogP contribution >= 0.6 is 22.9 Å². The van der Waals surface area contributed by atoms with Crippen LogP contribution < -0.4 is 10.6 Å². The quantitative estimate of drug-likeness (QED) is 0.730. The topological polar surface area (TPSA) is 46.1 Å². The van der Waals surface area contributed by atoms with Crippen LogP contribution in [-0.2, 0) is 20.1 Å². The number of aromatic nitrogens is 1. The van der Waals surface area contributed by atoms with Crippen LogP contribution in [-0.4, -0.2) is 10.6 Å². The fourth-order valence-electron chi connectivity index (χ4n) is 2.51. The average molecular weight is 348 g/mol. The number of hydrogen-bond donors (Lipinski definition) is 2. The summed E-state index contributed by atoms with van der Waals surface area (Å²) in [5, 5.41) is 9.46. The molecule has 0 aliphatic carbocycles. The number of hydrogen-bond acceptors (Lipinski definition) is 2. The summed E-state index contributed by atoms with van der Waals surface area (Å²) in [4.78, 5) is 12.9. The van der Waals surface area contributed by atoms with Crippen LogP contribution in [0.4, 0.5) is 4.79 Å². The van der Waals surface area contributed by atoms with Gasteiger partial charge in [-0.15, -0.1) is 11.3 Å². The number of amides is 2. The van der Waals surface area contributed by atoms with Gasteiger partial charge in [0, 0.05) is 40.4 Å². The predicted octanol–water partition coefficient (Wildman–Crippen LogP) is 4.20. The largest absolute Gasteiger partial charge is 0.348 e. The Labute approximate surface area is 144 Å². The summed E-state index contributed by atoms with van der Waals surface area (Å²) in [5.41, 5.74) is 3.50. The molecule has 2 heterocycles. The van der Waals surface area contributed by atoms with Crippen molar-refractivity contribution < 1.29 is 4.79 Å². The van der Waals surface area contributed by atoms with Gasteiger partial charge >= 0.3 is 6.03 Å². The molecule has 2 aromatic heterocycles. The first kappa shape index (κ1) is 15.9. The second kappa shape index (κ2) is 6.64. The molecule has 0 bridgehead atoms. The van der Waals surface area contributed by atoms with E-state index in [1.165, 1.54) is 27.9 Å². The van der Waals surface area contributed by atoms with Crippen molar-refractivity contribution in [3.63, 3.8) is 0 Å². The fraction of sp³-hybridized carbons (Fsp3) is 0.235. The normalized spacial score (nSPS) is 10.9. The van der Waals surface area contributed by atoms with E-state index < -0.39 is 0 Å². The molecule has 0 spiro atoms. The highest BCUT2D eigenvalue weighted by Gasteiger charge is 2.05. The molecular formula is C17H18ClN3OS. The van der Waals surface area contributed by atoms with E-state index in [1.54, 1.807) is 0 Å². The maximum absolute atomic E-state index is 11.9. The molecule has 0 aliphatic rings. The molecule has 0 aliphatic heterocycles. The summed E-state index contributed by atoms with van der Waals surface area (Å²) in [6.07, 6.45) is 0. The van der Waals surface area contributed by atoms with Gasteiger partial charge in [0.05, 0.1) is 11.6 Å². The number of carbonyl (C=O) groups excluding carboxylic acids is 1. The van der Waals surface area contributed by atoms with Gasteiger partial charge in [-0.1, -0.05) is 17.7 Å². The van der Waals surface area contributed by atoms with E-state index in [-0.39, 0.29) is 6.03 Å². The molecule has 0 fully saturated rings. The lowest BCUT2D eigenvalue weighted by atomic mass is 10.1. The van der Waals surface area contributed by atoms with Crippen LogP contribution in [0, 0.1) is 6.92 Å². The predicted molar refractivity (Wildman–Crippen MR) is 96.1 cm³/mol. The summed E-state index contributed by atoms with van der Waals surface area (Å²) >= 11 is 7.39. The second-order valence-electron chi connectivity index (χ2n) is 5.51. The van der Waals surface area contributed by atoms with Crippen LogP contribution in [0.15, 0.2) is 35.7 Å². The molecule has 6 heteroatoms. The fourth-order valence-corrected chi connectivity index (χ4v) is 3.52. The molecule has 2 amide bonds. The van der Waals surface area contributed by atoms with Gasteiger partial charge in [-0.05, 0) is 36.8 Å². The average Bonchev–Trinajstić information content (AvgIpc) is 3.07. The Balaban J connectivity index is 1.56.